The molecule has 0 fully saturated rings. The van der Waals surface area contributed by atoms with E-state index in [1.807, 2.05) is 49.3 Å². The number of hydrogen-bond donors (Lipinski definition) is 0. The molecule has 0 saturated carbocycles. The number of benzene rings is 1. The first kappa shape index (κ1) is 12.0. The quantitative estimate of drug-likeness (QED) is 0.572. The summed E-state index contributed by atoms with van der Waals surface area (Å²) in [7, 11) is 3.92. The number of quaternary nitrogens is 1. The van der Waals surface area contributed by atoms with Crippen LogP contribution in [0.2, 0.25) is 0 Å². The van der Waals surface area contributed by atoms with E-state index in [-0.39, 0.29) is 17.1 Å². The van der Waals surface area contributed by atoms with Crippen molar-refractivity contribution in [2.24, 2.45) is 0 Å². The van der Waals surface area contributed by atoms with E-state index in [4.69, 9.17) is 0 Å². The largest absolute Gasteiger partial charge is 0.622 e. The fraction of sp³-hybridized carbons (Fsp3) is 0.273. The lowest BCUT2D eigenvalue weighted by Gasteiger charge is -2.46. The van der Waals surface area contributed by atoms with Gasteiger partial charge in [0, 0.05) is 14.1 Å². The monoisotopic (exact) mass is 226 g/mol. The molecule has 0 aromatic heterocycles. The smallest absolute Gasteiger partial charge is 0.137 e. The van der Waals surface area contributed by atoms with Crippen molar-refractivity contribution in [3.8, 4) is 0 Å². The van der Waals surface area contributed by atoms with E-state index < -0.39 is 0 Å². The van der Waals surface area contributed by atoms with Crippen LogP contribution in [0.1, 0.15) is 0 Å². The number of rotatable bonds is 2. The van der Waals surface area contributed by atoms with E-state index in [0.29, 0.717) is 6.54 Å². The van der Waals surface area contributed by atoms with Crippen LogP contribution in [0.15, 0.2) is 42.2 Å². The molecule has 1 aliphatic heterocycles. The first-order chi connectivity index (χ1) is 6.62. The molecule has 82 valence electrons. The van der Waals surface area contributed by atoms with Gasteiger partial charge in [0.25, 0.3) is 0 Å². The van der Waals surface area contributed by atoms with Gasteiger partial charge in [0.1, 0.15) is 24.1 Å². The van der Waals surface area contributed by atoms with Crippen LogP contribution in [-0.2, 0) is 0 Å². The Morgan fingerprint density at radius 1 is 1.20 bits per heavy atom. The summed E-state index contributed by atoms with van der Waals surface area (Å²) >= 11 is 0. The van der Waals surface area contributed by atoms with Gasteiger partial charge in [-0.15, -0.1) is 12.4 Å². The molecule has 0 N–H and O–H groups in total. The molecule has 1 heterocycles. The van der Waals surface area contributed by atoms with E-state index in [1.54, 1.807) is 6.20 Å². The second kappa shape index (κ2) is 4.23. The van der Waals surface area contributed by atoms with Gasteiger partial charge in [0.2, 0.25) is 0 Å². The third-order valence-corrected chi connectivity index (χ3v) is 2.52. The standard InChI is InChI=1S/C11H14N2O.ClH/c1-12(2)10-8-13(14,9-10)11-6-4-3-5-7-11;/h3-8H,9H2,1-2H3;1H. The number of likely N-dealkylation sites (N-methyl/N-ethyl adjacent to an activating group) is 1. The van der Waals surface area contributed by atoms with Crippen LogP contribution < -0.4 is 4.65 Å². The Morgan fingerprint density at radius 2 is 1.73 bits per heavy atom. The number of hydrogen-bond acceptors (Lipinski definition) is 2. The lowest BCUT2D eigenvalue weighted by atomic mass is 10.2. The van der Waals surface area contributed by atoms with Gasteiger partial charge in [-0.2, -0.15) is 0 Å². The molecule has 1 aromatic rings. The minimum Gasteiger partial charge on any atom is -0.622 e. The summed E-state index contributed by atoms with van der Waals surface area (Å²) in [4.78, 5) is 1.98. The average molecular weight is 227 g/mol. The molecule has 1 unspecified atom stereocenters. The Morgan fingerprint density at radius 3 is 2.20 bits per heavy atom. The van der Waals surface area contributed by atoms with Crippen molar-refractivity contribution in [2.75, 3.05) is 20.6 Å². The highest BCUT2D eigenvalue weighted by Crippen LogP contribution is 2.31. The number of halogens is 1. The Kier molecular flexibility index (Phi) is 3.39. The predicted octanol–water partition coefficient (Wildman–Crippen LogP) is 2.33. The van der Waals surface area contributed by atoms with E-state index in [2.05, 4.69) is 0 Å². The van der Waals surface area contributed by atoms with Crippen LogP contribution in [0.25, 0.3) is 0 Å². The maximum absolute atomic E-state index is 12.1. The minimum atomic E-state index is -0.325. The molecule has 1 aromatic carbocycles. The zero-order valence-corrected chi connectivity index (χ0v) is 9.70. The molecular formula is C11H15ClN2O. The maximum atomic E-state index is 12.1. The molecule has 0 spiro atoms. The van der Waals surface area contributed by atoms with Gasteiger partial charge in [-0.05, 0) is 12.1 Å². The molecule has 0 bridgehead atoms. The highest BCUT2D eigenvalue weighted by molar-refractivity contribution is 5.85. The molecule has 0 aliphatic carbocycles. The minimum absolute atomic E-state index is 0. The highest BCUT2D eigenvalue weighted by Gasteiger charge is 2.31. The molecule has 2 rings (SSSR count). The first-order valence-electron chi connectivity index (χ1n) is 4.65. The van der Waals surface area contributed by atoms with Crippen molar-refractivity contribution in [2.45, 2.75) is 0 Å². The van der Waals surface area contributed by atoms with Crippen LogP contribution in [-0.4, -0.2) is 25.5 Å². The molecular weight excluding hydrogens is 212 g/mol. The average Bonchev–Trinajstić information content (AvgIpc) is 2.14. The lowest BCUT2D eigenvalue weighted by molar-refractivity contribution is 0.359. The van der Waals surface area contributed by atoms with Gasteiger partial charge in [0.15, 0.2) is 0 Å². The van der Waals surface area contributed by atoms with E-state index in [9.17, 15) is 5.21 Å². The summed E-state index contributed by atoms with van der Waals surface area (Å²) in [5, 5.41) is 12.1. The fourth-order valence-corrected chi connectivity index (χ4v) is 1.56. The molecule has 3 nitrogen and oxygen atoms in total. The molecule has 4 heteroatoms. The first-order valence-corrected chi connectivity index (χ1v) is 4.65. The topological polar surface area (TPSA) is 26.3 Å². The van der Waals surface area contributed by atoms with Gasteiger partial charge in [-0.3, -0.25) is 4.65 Å². The Bertz CT molecular complexity index is 364. The third-order valence-electron chi connectivity index (χ3n) is 2.52. The van der Waals surface area contributed by atoms with Crippen molar-refractivity contribution >= 4 is 18.1 Å². The van der Waals surface area contributed by atoms with E-state index in [0.717, 1.165) is 11.4 Å². The summed E-state index contributed by atoms with van der Waals surface area (Å²) in [6.45, 7) is 0.539. The van der Waals surface area contributed by atoms with Crippen molar-refractivity contribution in [3.05, 3.63) is 47.4 Å². The van der Waals surface area contributed by atoms with E-state index in [1.165, 1.54) is 0 Å². The van der Waals surface area contributed by atoms with Crippen molar-refractivity contribution in [1.29, 1.82) is 0 Å². The number of para-hydroxylation sites is 1. The summed E-state index contributed by atoms with van der Waals surface area (Å²) in [6.07, 6.45) is 1.75. The van der Waals surface area contributed by atoms with Gasteiger partial charge in [-0.25, -0.2) is 0 Å². The Balaban J connectivity index is 0.00000112. The second-order valence-corrected chi connectivity index (χ2v) is 3.80. The maximum Gasteiger partial charge on any atom is 0.137 e. The van der Waals surface area contributed by atoms with Gasteiger partial charge in [0.05, 0.1) is 0 Å². The lowest BCUT2D eigenvalue weighted by Crippen LogP contribution is -2.50. The van der Waals surface area contributed by atoms with Gasteiger partial charge >= 0.3 is 0 Å². The summed E-state index contributed by atoms with van der Waals surface area (Å²) in [5.41, 5.74) is 1.90. The second-order valence-electron chi connectivity index (χ2n) is 3.80. The molecule has 0 amide bonds. The highest BCUT2D eigenvalue weighted by atomic mass is 35.5. The van der Waals surface area contributed by atoms with Crippen molar-refractivity contribution in [1.82, 2.24) is 9.55 Å². The molecule has 0 saturated heterocycles. The zero-order chi connectivity index (χ0) is 10.2. The SMILES string of the molecule is CN(C)C1=C[N+]([O-])(c2ccccc2)C1.Cl. The summed E-state index contributed by atoms with van der Waals surface area (Å²) < 4.78 is -0.325. The summed E-state index contributed by atoms with van der Waals surface area (Å²) in [6, 6.07) is 9.46. The van der Waals surface area contributed by atoms with Crippen molar-refractivity contribution < 1.29 is 0 Å². The summed E-state index contributed by atoms with van der Waals surface area (Å²) in [5.74, 6) is 0. The zero-order valence-electron chi connectivity index (χ0n) is 8.88. The number of hydroxylamine groups is 2. The van der Waals surface area contributed by atoms with Gasteiger partial charge in [-0.1, -0.05) is 18.2 Å². The fourth-order valence-electron chi connectivity index (χ4n) is 1.56. The normalized spacial score (nSPS) is 23.5. The van der Waals surface area contributed by atoms with Crippen LogP contribution in [0, 0.1) is 5.21 Å². The van der Waals surface area contributed by atoms with Crippen molar-refractivity contribution in [3.63, 3.8) is 0 Å². The van der Waals surface area contributed by atoms with Crippen LogP contribution in [0.5, 0.6) is 0 Å². The van der Waals surface area contributed by atoms with Gasteiger partial charge < -0.3 is 10.1 Å². The molecule has 1 aliphatic rings. The van der Waals surface area contributed by atoms with E-state index >= 15 is 0 Å². The third kappa shape index (κ3) is 2.15. The molecule has 0 radical (unpaired) electrons. The van der Waals surface area contributed by atoms with Crippen LogP contribution in [0.4, 0.5) is 5.69 Å². The Labute approximate surface area is 96.2 Å². The molecule has 1 atom stereocenters. The molecule has 15 heavy (non-hydrogen) atoms. The van der Waals surface area contributed by atoms with Crippen LogP contribution >= 0.6 is 12.4 Å². The predicted molar refractivity (Wildman–Crippen MR) is 65.5 cm³/mol. The Hall–Kier alpha value is -1.03. The van der Waals surface area contributed by atoms with Crippen LogP contribution in [0.3, 0.4) is 0 Å². The number of nitrogens with zero attached hydrogens (tertiary/aromatic N) is 2.